The standard InChI is InChI=1S/C31H18O4.2C26H14N2O3.C24H18/c32-28-20-14-4-8-18-9-5-15-21(26(18)20)29(33)24(28)12-2-1-3-13-25-30(34)22-16-6-10-19-11-7-17-23(27(19)22)31(25)35;2*1-28-22(15-27)23-16-9-5-6-10-17(16)24(29)20(23)13-3-2-4-14-21-25(30)18-11-7-8-12-19(18)26(21)31;1-4-10-19(11-5-1)22-16-23(20-12-6-2-7-13-20)18-24(17-22)21-14-8-3-9-15-21/h1-17,32H;2*2-14,30H;1-18H/b3-1+,12-2+;2*3-2+,14-4+,20-13-,23-22+;. The highest BCUT2D eigenvalue weighted by atomic mass is 16.3. The lowest BCUT2D eigenvalue weighted by atomic mass is 9.86. The van der Waals surface area contributed by atoms with Gasteiger partial charge in [0.15, 0.2) is 39.8 Å². The van der Waals surface area contributed by atoms with Crippen LogP contribution in [0.4, 0.5) is 0 Å². The van der Waals surface area contributed by atoms with E-state index in [-0.39, 0.29) is 102 Å². The van der Waals surface area contributed by atoms with E-state index in [4.69, 9.17) is 13.1 Å². The topological polar surface area (TPSA) is 236 Å². The molecule has 3 N–H and O–H groups in total. The van der Waals surface area contributed by atoms with Crippen LogP contribution in [0.2, 0.25) is 0 Å². The molecule has 0 aromatic heterocycles. The first-order valence-corrected chi connectivity index (χ1v) is 38.2. The van der Waals surface area contributed by atoms with E-state index in [0.29, 0.717) is 82.9 Å². The van der Waals surface area contributed by atoms with Crippen LogP contribution in [0.15, 0.2) is 413 Å². The predicted octanol–water partition coefficient (Wildman–Crippen LogP) is 22.3. The Bertz CT molecular complexity index is 6940. The third kappa shape index (κ3) is 15.5. The van der Waals surface area contributed by atoms with Crippen molar-refractivity contribution in [1.29, 1.82) is 10.5 Å². The van der Waals surface area contributed by atoms with Crippen LogP contribution in [-0.4, -0.2) is 44.2 Å². The van der Waals surface area contributed by atoms with Gasteiger partial charge in [0.2, 0.25) is 0 Å². The maximum Gasteiger partial charge on any atom is 0.270 e. The van der Waals surface area contributed by atoms with E-state index in [9.17, 15) is 59.4 Å². The second-order valence-corrected chi connectivity index (χ2v) is 28.0. The van der Waals surface area contributed by atoms with E-state index in [0.717, 1.165) is 16.2 Å². The van der Waals surface area contributed by atoms with Gasteiger partial charge >= 0.3 is 0 Å². The van der Waals surface area contributed by atoms with Crippen molar-refractivity contribution in [2.24, 2.45) is 0 Å². The minimum absolute atomic E-state index is 0.0639. The number of Topliss-reactive ketones (excluding diaryl/α,β-unsaturated/α-hetero) is 5. The Morgan fingerprint density at radius 3 is 0.950 bits per heavy atom. The number of carbonyl (C=O) groups excluding carboxylic acids is 5. The van der Waals surface area contributed by atoms with Crippen molar-refractivity contribution in [2.75, 3.05) is 0 Å². The molecule has 0 radical (unpaired) electrons. The first kappa shape index (κ1) is 78.8. The fourth-order valence-corrected chi connectivity index (χ4v) is 15.3. The molecule has 572 valence electrons. The van der Waals surface area contributed by atoms with Crippen molar-refractivity contribution in [2.45, 2.75) is 0 Å². The minimum Gasteiger partial charge on any atom is -0.507 e. The van der Waals surface area contributed by atoms with Gasteiger partial charge < -0.3 is 15.3 Å². The van der Waals surface area contributed by atoms with Crippen LogP contribution < -0.4 is 16.1 Å². The third-order valence-corrected chi connectivity index (χ3v) is 21.0. The number of fused-ring (bicyclic) bond motifs is 4. The minimum atomic E-state index is -0.305. The number of aliphatic hydroxyl groups is 3. The van der Waals surface area contributed by atoms with Crippen molar-refractivity contribution in [1.82, 2.24) is 0 Å². The molecule has 0 amide bonds. The van der Waals surface area contributed by atoms with Crippen LogP contribution in [0.3, 0.4) is 0 Å². The normalized spacial score (nSPS) is 15.3. The molecule has 0 spiro atoms. The zero-order valence-corrected chi connectivity index (χ0v) is 64.2. The van der Waals surface area contributed by atoms with Crippen molar-refractivity contribution < 1.29 is 39.3 Å². The Kier molecular flexibility index (Phi) is 22.9. The van der Waals surface area contributed by atoms with Crippen molar-refractivity contribution in [3.05, 3.63) is 508 Å². The molecule has 5 aliphatic rings. The predicted molar refractivity (Wildman–Crippen MR) is 477 cm³/mol. The summed E-state index contributed by atoms with van der Waals surface area (Å²) in [5.74, 6) is -1.45. The molecule has 121 heavy (non-hydrogen) atoms. The van der Waals surface area contributed by atoms with Gasteiger partial charge in [0, 0.05) is 88.3 Å². The molecule has 13 aromatic rings. The van der Waals surface area contributed by atoms with Gasteiger partial charge in [-0.25, -0.2) is 20.2 Å². The number of hydrogen-bond acceptors (Lipinski definition) is 12. The number of rotatable bonds is 12. The Morgan fingerprint density at radius 2 is 0.587 bits per heavy atom. The summed E-state index contributed by atoms with van der Waals surface area (Å²) in [4.78, 5) is 95.9. The van der Waals surface area contributed by atoms with Gasteiger partial charge in [0.25, 0.3) is 11.4 Å². The number of nitriles is 2. The summed E-state index contributed by atoms with van der Waals surface area (Å²) in [6.07, 6.45) is 23.6. The second kappa shape index (κ2) is 35.1. The van der Waals surface area contributed by atoms with Gasteiger partial charge in [-0.2, -0.15) is 0 Å². The summed E-state index contributed by atoms with van der Waals surface area (Å²) in [6, 6.07) is 91.6. The molecule has 14 heteroatoms. The Hall–Kier alpha value is -17.4. The van der Waals surface area contributed by atoms with Gasteiger partial charge in [-0.3, -0.25) is 33.6 Å². The largest absolute Gasteiger partial charge is 0.507 e. The van der Waals surface area contributed by atoms with E-state index in [1.165, 1.54) is 51.6 Å². The SMILES string of the molecule is O=C1C(/C=C/C=C/C=c2c(=O)c3cccc4cccc(c2=O)c43)=C(O)c2cccc3cccc1c23.[C-]#[N+]/C(C#N)=C1/C(=C/C=C/C=C/C2=C(O)c3ccccc3C2=O)C(=O)c2ccccc21.[C-]#[N+]/C(C#N)=C1/C(=C/C=C/C=C/C2=C(O)c3ccccc3C2=O)C(=O)c2ccccc21.c1ccc(-c2cc(-c3ccccc3)cc(-c3ccccc3)c2)cc1. The van der Waals surface area contributed by atoms with Crippen molar-refractivity contribution in [3.63, 3.8) is 0 Å². The number of carbonyl (C=O) groups is 5. The third-order valence-electron chi connectivity index (χ3n) is 21.0. The molecular formula is C107H64N4O10. The molecule has 0 saturated carbocycles. The van der Waals surface area contributed by atoms with E-state index in [2.05, 4.69) is 119 Å². The molecule has 0 bridgehead atoms. The highest BCUT2D eigenvalue weighted by Gasteiger charge is 2.34. The van der Waals surface area contributed by atoms with Gasteiger partial charge in [0.05, 0.1) is 47.2 Å². The molecule has 0 fully saturated rings. The summed E-state index contributed by atoms with van der Waals surface area (Å²) in [5.41, 5.74) is 13.5. The summed E-state index contributed by atoms with van der Waals surface area (Å²) in [6.45, 7) is 14.5. The quantitative estimate of drug-likeness (QED) is 0.0448. The van der Waals surface area contributed by atoms with Crippen LogP contribution in [-0.2, 0) is 0 Å². The number of nitrogens with zero attached hydrogens (tertiary/aromatic N) is 4. The fraction of sp³-hybridized carbons (Fsp3) is 0. The van der Waals surface area contributed by atoms with E-state index < -0.39 is 0 Å². The zero-order valence-electron chi connectivity index (χ0n) is 64.2. The molecule has 0 unspecified atom stereocenters. The van der Waals surface area contributed by atoms with E-state index >= 15 is 0 Å². The first-order chi connectivity index (χ1) is 59.1. The van der Waals surface area contributed by atoms with Gasteiger partial charge in [-0.15, -0.1) is 0 Å². The molecule has 14 nitrogen and oxygen atoms in total. The lowest BCUT2D eigenvalue weighted by molar-refractivity contribution is 0.103. The first-order valence-electron chi connectivity index (χ1n) is 38.2. The molecular weight excluding hydrogens is 1500 g/mol. The lowest BCUT2D eigenvalue weighted by Crippen LogP contribution is -2.38. The summed E-state index contributed by atoms with van der Waals surface area (Å²) in [7, 11) is 0. The fourth-order valence-electron chi connectivity index (χ4n) is 15.3. The molecule has 5 aliphatic carbocycles. The average Bonchev–Trinajstić information content (AvgIpc) is 1.74. The Morgan fingerprint density at radius 1 is 0.289 bits per heavy atom. The molecule has 13 aromatic carbocycles. The number of benzene rings is 13. The van der Waals surface area contributed by atoms with Crippen LogP contribution in [0, 0.1) is 35.8 Å². The van der Waals surface area contributed by atoms with Gasteiger partial charge in [-0.1, -0.05) is 328 Å². The Balaban J connectivity index is 0.000000126. The highest BCUT2D eigenvalue weighted by molar-refractivity contribution is 6.29. The molecule has 0 saturated heterocycles. The smallest absolute Gasteiger partial charge is 0.270 e. The number of hydrogen-bond donors (Lipinski definition) is 3. The zero-order chi connectivity index (χ0) is 84.2. The maximum atomic E-state index is 13.0. The second-order valence-electron chi connectivity index (χ2n) is 28.0. The average molecular weight is 1570 g/mol. The van der Waals surface area contributed by atoms with Crippen LogP contribution >= 0.6 is 0 Å². The summed E-state index contributed by atoms with van der Waals surface area (Å²) in [5, 5.41) is 54.3. The molecule has 0 atom stereocenters. The van der Waals surface area contributed by atoms with E-state index in [1.54, 1.807) is 194 Å². The van der Waals surface area contributed by atoms with Crippen LogP contribution in [0.1, 0.15) is 79.6 Å². The number of ketones is 5. The number of allylic oxidation sites excluding steroid dienone is 23. The van der Waals surface area contributed by atoms with Gasteiger partial charge in [-0.05, 0) is 97.8 Å². The van der Waals surface area contributed by atoms with Crippen LogP contribution in [0.5, 0.6) is 0 Å². The Labute approximate surface area is 694 Å². The van der Waals surface area contributed by atoms with E-state index in [1.807, 2.05) is 60.7 Å². The maximum absolute atomic E-state index is 13.0. The highest BCUT2D eigenvalue weighted by Crippen LogP contribution is 2.43. The molecule has 0 aliphatic heterocycles. The van der Waals surface area contributed by atoms with Crippen molar-refractivity contribution in [3.8, 4) is 45.5 Å². The summed E-state index contributed by atoms with van der Waals surface area (Å²) < 4.78 is 0. The monoisotopic (exact) mass is 1560 g/mol. The molecule has 0 heterocycles. The van der Waals surface area contributed by atoms with Crippen LogP contribution in [0.25, 0.3) is 110 Å². The van der Waals surface area contributed by atoms with Gasteiger partial charge in [0.1, 0.15) is 17.3 Å². The number of aliphatic hydroxyl groups excluding tert-OH is 3. The summed E-state index contributed by atoms with van der Waals surface area (Å²) >= 11 is 0. The lowest BCUT2D eigenvalue weighted by Gasteiger charge is -2.17. The van der Waals surface area contributed by atoms with Crippen molar-refractivity contribution >= 4 is 95.7 Å². The molecule has 18 rings (SSSR count).